The van der Waals surface area contributed by atoms with Crippen LogP contribution in [0.5, 0.6) is 0 Å². The minimum atomic E-state index is 0.196. The third-order valence-electron chi connectivity index (χ3n) is 5.95. The van der Waals surface area contributed by atoms with Crippen molar-refractivity contribution in [1.29, 1.82) is 0 Å². The van der Waals surface area contributed by atoms with E-state index >= 15 is 0 Å². The number of hydrogen-bond acceptors (Lipinski definition) is 3. The van der Waals surface area contributed by atoms with Gasteiger partial charge >= 0.3 is 0 Å². The number of nitrogens with zero attached hydrogens (tertiary/aromatic N) is 3. The first kappa shape index (κ1) is 21.4. The molecule has 158 valence electrons. The number of guanidine groups is 1. The summed E-state index contributed by atoms with van der Waals surface area (Å²) >= 11 is 0. The van der Waals surface area contributed by atoms with E-state index < -0.39 is 0 Å². The smallest absolute Gasteiger partial charge is 0.191 e. The first-order valence-electron chi connectivity index (χ1n) is 10.9. The van der Waals surface area contributed by atoms with Gasteiger partial charge in [-0.25, -0.2) is 4.99 Å². The maximum atomic E-state index is 9.56. The molecule has 3 N–H and O–H groups in total. The number of aromatic nitrogens is 2. The molecular weight excluding hydrogens is 362 g/mol. The average molecular weight is 398 g/mol. The van der Waals surface area contributed by atoms with Gasteiger partial charge in [-0.3, -0.25) is 4.68 Å². The molecule has 1 fully saturated rings. The lowest BCUT2D eigenvalue weighted by atomic mass is 9.72. The second-order valence-electron chi connectivity index (χ2n) is 8.06. The Hall–Kier alpha value is -2.34. The highest BCUT2D eigenvalue weighted by molar-refractivity contribution is 5.79. The van der Waals surface area contributed by atoms with Gasteiger partial charge in [0.2, 0.25) is 0 Å². The van der Waals surface area contributed by atoms with Gasteiger partial charge in [0.1, 0.15) is 0 Å². The molecule has 0 saturated heterocycles. The summed E-state index contributed by atoms with van der Waals surface area (Å²) in [4.78, 5) is 4.85. The first-order valence-corrected chi connectivity index (χ1v) is 10.9. The topological polar surface area (TPSA) is 74.5 Å². The number of nitrogens with one attached hydrogen (secondary N) is 2. The van der Waals surface area contributed by atoms with Crippen LogP contribution in [0.4, 0.5) is 0 Å². The van der Waals surface area contributed by atoms with Crippen LogP contribution in [0.2, 0.25) is 0 Å². The van der Waals surface area contributed by atoms with Gasteiger partial charge in [0, 0.05) is 32.1 Å². The molecule has 1 aromatic carbocycles. The lowest BCUT2D eigenvalue weighted by Gasteiger charge is -2.37. The molecule has 6 heteroatoms. The Morgan fingerprint density at radius 3 is 2.62 bits per heavy atom. The second-order valence-corrected chi connectivity index (χ2v) is 8.06. The van der Waals surface area contributed by atoms with Crippen molar-refractivity contribution in [3.05, 3.63) is 53.9 Å². The monoisotopic (exact) mass is 397 g/mol. The molecule has 0 amide bonds. The molecule has 2 aromatic rings. The predicted octanol–water partition coefficient (Wildman–Crippen LogP) is 3.32. The van der Waals surface area contributed by atoms with E-state index in [1.54, 1.807) is 6.20 Å². The van der Waals surface area contributed by atoms with Crippen molar-refractivity contribution in [2.45, 2.75) is 58.5 Å². The summed E-state index contributed by atoms with van der Waals surface area (Å²) in [6, 6.07) is 10.4. The van der Waals surface area contributed by atoms with Crippen LogP contribution in [-0.4, -0.2) is 40.5 Å². The molecule has 1 aromatic heterocycles. The van der Waals surface area contributed by atoms with Crippen molar-refractivity contribution >= 4 is 5.96 Å². The number of benzene rings is 1. The summed E-state index contributed by atoms with van der Waals surface area (Å²) in [5, 5.41) is 20.8. The lowest BCUT2D eigenvalue weighted by molar-refractivity contribution is 0.131. The Bertz CT molecular complexity index is 745. The van der Waals surface area contributed by atoms with Crippen molar-refractivity contribution in [3.63, 3.8) is 0 Å². The normalized spacial score (nSPS) is 16.6. The maximum absolute atomic E-state index is 9.56. The average Bonchev–Trinajstić information content (AvgIpc) is 3.25. The SMILES string of the molecule is CCNC(=NCc1ccccc1Cn1cccn1)NCC1(CCO)CCCCC1. The predicted molar refractivity (Wildman–Crippen MR) is 118 cm³/mol. The molecule has 0 atom stereocenters. The number of hydrogen-bond donors (Lipinski definition) is 3. The molecule has 0 bridgehead atoms. The quantitative estimate of drug-likeness (QED) is 0.448. The molecule has 0 radical (unpaired) electrons. The van der Waals surface area contributed by atoms with Gasteiger partial charge < -0.3 is 15.7 Å². The minimum Gasteiger partial charge on any atom is -0.396 e. The molecular formula is C23H35N5O. The van der Waals surface area contributed by atoms with E-state index in [2.05, 4.69) is 46.9 Å². The van der Waals surface area contributed by atoms with E-state index in [1.165, 1.54) is 43.2 Å². The Morgan fingerprint density at radius 1 is 1.14 bits per heavy atom. The highest BCUT2D eigenvalue weighted by Gasteiger charge is 2.31. The van der Waals surface area contributed by atoms with Crippen molar-refractivity contribution in [3.8, 4) is 0 Å². The maximum Gasteiger partial charge on any atom is 0.191 e. The van der Waals surface area contributed by atoms with Crippen LogP contribution in [0.15, 0.2) is 47.7 Å². The van der Waals surface area contributed by atoms with E-state index in [4.69, 9.17) is 4.99 Å². The summed E-state index contributed by atoms with van der Waals surface area (Å²) in [5.41, 5.74) is 2.64. The van der Waals surface area contributed by atoms with Gasteiger partial charge in [-0.2, -0.15) is 5.10 Å². The summed E-state index contributed by atoms with van der Waals surface area (Å²) in [6.45, 7) is 5.42. The van der Waals surface area contributed by atoms with E-state index in [9.17, 15) is 5.11 Å². The fourth-order valence-electron chi connectivity index (χ4n) is 4.27. The van der Waals surface area contributed by atoms with Crippen LogP contribution in [0.3, 0.4) is 0 Å². The van der Waals surface area contributed by atoms with Crippen molar-refractivity contribution in [1.82, 2.24) is 20.4 Å². The second kappa shape index (κ2) is 11.0. The van der Waals surface area contributed by atoms with Crippen molar-refractivity contribution < 1.29 is 5.11 Å². The summed E-state index contributed by atoms with van der Waals surface area (Å²) in [5.74, 6) is 0.851. The third kappa shape index (κ3) is 6.32. The molecule has 3 rings (SSSR count). The number of aliphatic imine (C=N–C) groups is 1. The van der Waals surface area contributed by atoms with Gasteiger partial charge in [0.05, 0.1) is 13.1 Å². The Labute approximate surface area is 174 Å². The molecule has 0 unspecified atom stereocenters. The van der Waals surface area contributed by atoms with Crippen molar-refractivity contribution in [2.75, 3.05) is 19.7 Å². The van der Waals surface area contributed by atoms with Gasteiger partial charge in [0.25, 0.3) is 0 Å². The Balaban J connectivity index is 1.66. The van der Waals surface area contributed by atoms with Gasteiger partial charge in [-0.1, -0.05) is 43.5 Å². The standard InChI is InChI=1S/C23H35N5O/c1-2-24-22(26-19-23(13-16-29)11-6-3-7-12-23)25-17-20-9-4-5-10-21(20)18-28-15-8-14-27-28/h4-5,8-10,14-15,29H,2-3,6-7,11-13,16-19H2,1H3,(H2,24,25,26). The fourth-order valence-corrected chi connectivity index (χ4v) is 4.27. The zero-order chi connectivity index (χ0) is 20.4. The van der Waals surface area contributed by atoms with Crippen molar-refractivity contribution in [2.24, 2.45) is 10.4 Å². The van der Waals surface area contributed by atoms with Crippen LogP contribution >= 0.6 is 0 Å². The largest absolute Gasteiger partial charge is 0.396 e. The van der Waals surface area contributed by atoms with E-state index in [0.29, 0.717) is 6.54 Å². The van der Waals surface area contributed by atoms with Crippen LogP contribution in [0, 0.1) is 5.41 Å². The Morgan fingerprint density at radius 2 is 1.93 bits per heavy atom. The molecule has 29 heavy (non-hydrogen) atoms. The molecule has 0 aliphatic heterocycles. The minimum absolute atomic E-state index is 0.196. The molecule has 1 heterocycles. The third-order valence-corrected chi connectivity index (χ3v) is 5.95. The highest BCUT2D eigenvalue weighted by atomic mass is 16.3. The van der Waals surface area contributed by atoms with Gasteiger partial charge in [-0.15, -0.1) is 0 Å². The zero-order valence-corrected chi connectivity index (χ0v) is 17.6. The highest BCUT2D eigenvalue weighted by Crippen LogP contribution is 2.38. The number of rotatable bonds is 9. The number of aliphatic hydroxyl groups excluding tert-OH is 1. The van der Waals surface area contributed by atoms with Crippen LogP contribution in [-0.2, 0) is 13.1 Å². The summed E-state index contributed by atoms with van der Waals surface area (Å²) in [7, 11) is 0. The molecule has 0 spiro atoms. The molecule has 1 aliphatic carbocycles. The van der Waals surface area contributed by atoms with E-state index in [0.717, 1.165) is 32.0 Å². The van der Waals surface area contributed by atoms with E-state index in [1.807, 2.05) is 16.9 Å². The molecule has 1 saturated carbocycles. The zero-order valence-electron chi connectivity index (χ0n) is 17.6. The van der Waals surface area contributed by atoms with Crippen LogP contribution in [0.1, 0.15) is 56.6 Å². The van der Waals surface area contributed by atoms with Gasteiger partial charge in [0.15, 0.2) is 5.96 Å². The van der Waals surface area contributed by atoms with Gasteiger partial charge in [-0.05, 0) is 48.8 Å². The number of aliphatic hydroxyl groups is 1. The summed E-state index contributed by atoms with van der Waals surface area (Å²) < 4.78 is 1.94. The van der Waals surface area contributed by atoms with E-state index in [-0.39, 0.29) is 12.0 Å². The van der Waals surface area contributed by atoms with Crippen LogP contribution in [0.25, 0.3) is 0 Å². The molecule has 1 aliphatic rings. The first-order chi connectivity index (χ1) is 14.2. The fraction of sp³-hybridized carbons (Fsp3) is 0.565. The molecule has 6 nitrogen and oxygen atoms in total. The van der Waals surface area contributed by atoms with Crippen LogP contribution < -0.4 is 10.6 Å². The lowest BCUT2D eigenvalue weighted by Crippen LogP contribution is -2.45. The Kier molecular flexibility index (Phi) is 8.11. The summed E-state index contributed by atoms with van der Waals surface area (Å²) in [6.07, 6.45) is 10.9.